The molecule has 10 heavy (non-hydrogen) atoms. The smallest absolute Gasteiger partial charge is 0.390 e. The van der Waals surface area contributed by atoms with Crippen LogP contribution in [0.4, 0.5) is 0 Å². The molecule has 0 atom stereocenters. The van der Waals surface area contributed by atoms with Gasteiger partial charge in [0.05, 0.1) is 0 Å². The molecule has 4 nitrogen and oxygen atoms in total. The van der Waals surface area contributed by atoms with Crippen LogP contribution >= 0.6 is 0 Å². The maximum atomic E-state index is 9.40. The zero-order chi connectivity index (χ0) is 8.04. The van der Waals surface area contributed by atoms with E-state index in [2.05, 4.69) is 0 Å². The summed E-state index contributed by atoms with van der Waals surface area (Å²) in [7, 11) is 0.103. The molecule has 62 valence electrons. The molecule has 5 heteroatoms. The first-order valence-corrected chi connectivity index (χ1v) is 5.18. The van der Waals surface area contributed by atoms with Crippen molar-refractivity contribution in [3.05, 3.63) is 0 Å². The average molecular weight is 165 g/mol. The normalized spacial score (nSPS) is 12.0. The molecule has 0 aliphatic heterocycles. The lowest BCUT2D eigenvalue weighted by Crippen LogP contribution is -2.40. The molecule has 0 unspecified atom stereocenters. The van der Waals surface area contributed by atoms with Crippen LogP contribution in [0.2, 0.25) is 6.04 Å². The summed E-state index contributed by atoms with van der Waals surface area (Å²) in [6.45, 7) is 0.558. The maximum Gasteiger partial charge on any atom is 0.497 e. The first-order chi connectivity index (χ1) is 4.68. The molecule has 0 saturated heterocycles. The summed E-state index contributed by atoms with van der Waals surface area (Å²) in [6, 6.07) is 0.538. The van der Waals surface area contributed by atoms with Crippen molar-refractivity contribution in [2.75, 3.05) is 20.8 Å². The molecule has 0 bridgehead atoms. The average Bonchev–Trinajstić information content (AvgIpc) is 2.00. The van der Waals surface area contributed by atoms with Crippen LogP contribution in [0, 0.1) is 0 Å². The fourth-order valence-electron chi connectivity index (χ4n) is 0.613. The minimum atomic E-state index is -2.80. The molecular formula is C5H15NO3Si. The van der Waals surface area contributed by atoms with Gasteiger partial charge in [0.1, 0.15) is 0 Å². The highest BCUT2D eigenvalue weighted by molar-refractivity contribution is 6.59. The van der Waals surface area contributed by atoms with E-state index in [1.165, 1.54) is 14.2 Å². The predicted octanol–water partition coefficient (Wildman–Crippen LogP) is -0.441. The SMILES string of the molecule is CO[Si](O)(CCCN)OC. The predicted molar refractivity (Wildman–Crippen MR) is 40.5 cm³/mol. The maximum absolute atomic E-state index is 9.40. The van der Waals surface area contributed by atoms with Crippen molar-refractivity contribution >= 4 is 8.80 Å². The fourth-order valence-corrected chi connectivity index (χ4v) is 1.84. The lowest BCUT2D eigenvalue weighted by atomic mass is 10.5. The van der Waals surface area contributed by atoms with Crippen molar-refractivity contribution in [1.29, 1.82) is 0 Å². The van der Waals surface area contributed by atoms with Gasteiger partial charge in [0.2, 0.25) is 0 Å². The quantitative estimate of drug-likeness (QED) is 0.542. The van der Waals surface area contributed by atoms with E-state index < -0.39 is 8.80 Å². The first kappa shape index (κ1) is 10.1. The van der Waals surface area contributed by atoms with Gasteiger partial charge in [-0.2, -0.15) is 0 Å². The van der Waals surface area contributed by atoms with Crippen molar-refractivity contribution in [3.8, 4) is 0 Å². The monoisotopic (exact) mass is 165 g/mol. The third kappa shape index (κ3) is 3.28. The Kier molecular flexibility index (Phi) is 4.84. The van der Waals surface area contributed by atoms with E-state index in [0.29, 0.717) is 12.6 Å². The van der Waals surface area contributed by atoms with Gasteiger partial charge in [-0.3, -0.25) is 0 Å². The zero-order valence-electron chi connectivity index (χ0n) is 6.46. The minimum Gasteiger partial charge on any atom is -0.390 e. The van der Waals surface area contributed by atoms with Gasteiger partial charge >= 0.3 is 8.80 Å². The number of hydrogen-bond donors (Lipinski definition) is 2. The molecule has 0 aliphatic rings. The highest BCUT2D eigenvalue weighted by Gasteiger charge is 2.32. The van der Waals surface area contributed by atoms with E-state index in [4.69, 9.17) is 14.6 Å². The van der Waals surface area contributed by atoms with Gasteiger partial charge in [0, 0.05) is 20.3 Å². The summed E-state index contributed by atoms with van der Waals surface area (Å²) in [5.41, 5.74) is 5.25. The Bertz CT molecular complexity index is 87.0. The van der Waals surface area contributed by atoms with Gasteiger partial charge in [-0.15, -0.1) is 0 Å². The molecule has 0 aromatic carbocycles. The standard InChI is InChI=1S/C5H15NO3Si/c1-8-10(7,9-2)5-3-4-6/h7H,3-6H2,1-2H3. The first-order valence-electron chi connectivity index (χ1n) is 3.21. The van der Waals surface area contributed by atoms with Crippen molar-refractivity contribution in [2.45, 2.75) is 12.5 Å². The van der Waals surface area contributed by atoms with Crippen LogP contribution < -0.4 is 5.73 Å². The van der Waals surface area contributed by atoms with Crippen LogP contribution in [0.3, 0.4) is 0 Å². The second-order valence-electron chi connectivity index (χ2n) is 2.01. The Morgan fingerprint density at radius 3 is 2.20 bits per heavy atom. The van der Waals surface area contributed by atoms with Crippen LogP contribution in [0.5, 0.6) is 0 Å². The number of nitrogens with two attached hydrogens (primary N) is 1. The zero-order valence-corrected chi connectivity index (χ0v) is 7.46. The molecule has 0 saturated carbocycles. The van der Waals surface area contributed by atoms with E-state index >= 15 is 0 Å². The van der Waals surface area contributed by atoms with Crippen LogP contribution in [0.1, 0.15) is 6.42 Å². The molecule has 0 spiro atoms. The summed E-state index contributed by atoms with van der Waals surface area (Å²) in [4.78, 5) is 9.40. The molecule has 0 heterocycles. The molecule has 0 fully saturated rings. The van der Waals surface area contributed by atoms with Crippen molar-refractivity contribution in [2.24, 2.45) is 5.73 Å². The molecule has 0 rings (SSSR count). The van der Waals surface area contributed by atoms with Gasteiger partial charge in [-0.25, -0.2) is 0 Å². The van der Waals surface area contributed by atoms with Gasteiger partial charge in [-0.1, -0.05) is 0 Å². The third-order valence-corrected chi connectivity index (χ3v) is 3.60. The lowest BCUT2D eigenvalue weighted by Gasteiger charge is -2.18. The van der Waals surface area contributed by atoms with Crippen LogP contribution in [-0.2, 0) is 8.85 Å². The highest BCUT2D eigenvalue weighted by Crippen LogP contribution is 2.08. The van der Waals surface area contributed by atoms with Crippen molar-refractivity contribution in [3.63, 3.8) is 0 Å². The van der Waals surface area contributed by atoms with E-state index in [1.54, 1.807) is 0 Å². The summed E-state index contributed by atoms with van der Waals surface area (Å²) in [6.07, 6.45) is 0.740. The summed E-state index contributed by atoms with van der Waals surface area (Å²) in [5.74, 6) is 0. The molecule has 3 N–H and O–H groups in total. The summed E-state index contributed by atoms with van der Waals surface area (Å²) < 4.78 is 9.61. The Morgan fingerprint density at radius 1 is 1.40 bits per heavy atom. The van der Waals surface area contributed by atoms with E-state index in [1.807, 2.05) is 0 Å². The molecule has 0 aromatic rings. The van der Waals surface area contributed by atoms with E-state index in [0.717, 1.165) is 6.42 Å². The molecule has 0 amide bonds. The summed E-state index contributed by atoms with van der Waals surface area (Å²) >= 11 is 0. The summed E-state index contributed by atoms with van der Waals surface area (Å²) in [5, 5.41) is 0. The number of hydrogen-bond acceptors (Lipinski definition) is 4. The van der Waals surface area contributed by atoms with Gasteiger partial charge < -0.3 is 19.4 Å². The molecule has 0 aromatic heterocycles. The second-order valence-corrected chi connectivity index (χ2v) is 4.76. The Hall–Kier alpha value is 0.0569. The molecule has 0 aliphatic carbocycles. The lowest BCUT2D eigenvalue weighted by molar-refractivity contribution is 0.151. The fraction of sp³-hybridized carbons (Fsp3) is 1.00. The second kappa shape index (κ2) is 4.81. The third-order valence-electron chi connectivity index (χ3n) is 1.33. The van der Waals surface area contributed by atoms with Gasteiger partial charge in [0.25, 0.3) is 0 Å². The molecular weight excluding hydrogens is 150 g/mol. The Balaban J connectivity index is 3.58. The van der Waals surface area contributed by atoms with E-state index in [-0.39, 0.29) is 0 Å². The number of rotatable bonds is 5. The van der Waals surface area contributed by atoms with Crippen LogP contribution in [0.25, 0.3) is 0 Å². The Morgan fingerprint density at radius 2 is 1.90 bits per heavy atom. The Labute approximate surface area is 62.3 Å². The largest absolute Gasteiger partial charge is 0.497 e. The van der Waals surface area contributed by atoms with E-state index in [9.17, 15) is 4.80 Å². The van der Waals surface area contributed by atoms with Crippen molar-refractivity contribution < 1.29 is 13.6 Å². The minimum absolute atomic E-state index is 0.538. The van der Waals surface area contributed by atoms with Gasteiger partial charge in [-0.05, 0) is 13.0 Å². The van der Waals surface area contributed by atoms with Crippen LogP contribution in [0.15, 0.2) is 0 Å². The van der Waals surface area contributed by atoms with Gasteiger partial charge in [0.15, 0.2) is 0 Å². The van der Waals surface area contributed by atoms with Crippen molar-refractivity contribution in [1.82, 2.24) is 0 Å². The topological polar surface area (TPSA) is 64.7 Å². The molecule has 0 radical (unpaired) electrons. The highest BCUT2D eigenvalue weighted by atomic mass is 28.4. The van der Waals surface area contributed by atoms with Crippen LogP contribution in [-0.4, -0.2) is 34.4 Å².